The van der Waals surface area contributed by atoms with Crippen LogP contribution in [0.2, 0.25) is 5.02 Å². The Bertz CT molecular complexity index is 859. The van der Waals surface area contributed by atoms with E-state index in [1.807, 2.05) is 42.5 Å². The molecule has 4 nitrogen and oxygen atoms in total. The van der Waals surface area contributed by atoms with E-state index in [1.54, 1.807) is 0 Å². The first-order valence-electron chi connectivity index (χ1n) is 8.34. The number of rotatable bonds is 4. The third-order valence-corrected chi connectivity index (χ3v) is 4.62. The summed E-state index contributed by atoms with van der Waals surface area (Å²) in [5.41, 5.74) is 1.81. The van der Waals surface area contributed by atoms with Crippen LogP contribution < -0.4 is 10.6 Å². The van der Waals surface area contributed by atoms with Gasteiger partial charge >= 0.3 is 0 Å². The summed E-state index contributed by atoms with van der Waals surface area (Å²) in [7, 11) is 0. The molecule has 0 atom stereocenters. The van der Waals surface area contributed by atoms with Gasteiger partial charge < -0.3 is 10.6 Å². The molecule has 2 N–H and O–H groups in total. The highest BCUT2D eigenvalue weighted by Gasteiger charge is 2.17. The molecular weight excluding hydrogens is 320 g/mol. The van der Waals surface area contributed by atoms with Crippen LogP contribution in [0, 0.1) is 0 Å². The number of nitrogens with zero attached hydrogens (tertiary/aromatic N) is 2. The first kappa shape index (κ1) is 15.2. The number of aromatic nitrogens is 2. The zero-order valence-electron chi connectivity index (χ0n) is 13.3. The van der Waals surface area contributed by atoms with E-state index in [1.165, 1.54) is 25.7 Å². The molecule has 0 radical (unpaired) electrons. The number of para-hydroxylation sites is 1. The van der Waals surface area contributed by atoms with Crippen molar-refractivity contribution in [2.45, 2.75) is 31.7 Å². The van der Waals surface area contributed by atoms with Crippen molar-refractivity contribution >= 4 is 40.0 Å². The Kier molecular flexibility index (Phi) is 4.22. The molecule has 1 saturated carbocycles. The molecule has 0 unspecified atom stereocenters. The van der Waals surface area contributed by atoms with Crippen LogP contribution in [-0.2, 0) is 0 Å². The van der Waals surface area contributed by atoms with Gasteiger partial charge in [-0.2, -0.15) is 4.98 Å². The van der Waals surface area contributed by atoms with Crippen molar-refractivity contribution in [2.24, 2.45) is 0 Å². The maximum atomic E-state index is 6.06. The predicted octanol–water partition coefficient (Wildman–Crippen LogP) is 5.38. The maximum Gasteiger partial charge on any atom is 0.229 e. The fourth-order valence-electron chi connectivity index (χ4n) is 3.20. The number of nitrogens with one attached hydrogen (secondary N) is 2. The van der Waals surface area contributed by atoms with E-state index in [0.717, 1.165) is 22.4 Å². The largest absolute Gasteiger partial charge is 0.367 e. The van der Waals surface area contributed by atoms with Crippen LogP contribution in [0.25, 0.3) is 10.9 Å². The lowest BCUT2D eigenvalue weighted by atomic mass is 10.2. The summed E-state index contributed by atoms with van der Waals surface area (Å²) in [5.74, 6) is 1.48. The standard InChI is InChI=1S/C19H19ClN4/c20-13-6-5-9-15(12-13)22-19-23-17-11-4-3-10-16(17)18(24-19)21-14-7-1-2-8-14/h3-6,9-12,14H,1-2,7-8H2,(H2,21,22,23,24). The van der Waals surface area contributed by atoms with Crippen molar-refractivity contribution < 1.29 is 0 Å². The zero-order valence-corrected chi connectivity index (χ0v) is 14.1. The first-order chi connectivity index (χ1) is 11.8. The number of hydrogen-bond acceptors (Lipinski definition) is 4. The second kappa shape index (κ2) is 6.65. The van der Waals surface area contributed by atoms with Gasteiger partial charge in [-0.1, -0.05) is 42.6 Å². The topological polar surface area (TPSA) is 49.8 Å². The number of halogens is 1. The molecular formula is C19H19ClN4. The predicted molar refractivity (Wildman–Crippen MR) is 100 cm³/mol. The van der Waals surface area contributed by atoms with Crippen molar-refractivity contribution in [2.75, 3.05) is 10.6 Å². The van der Waals surface area contributed by atoms with Crippen molar-refractivity contribution in [3.8, 4) is 0 Å². The van der Waals surface area contributed by atoms with E-state index < -0.39 is 0 Å². The molecule has 0 saturated heterocycles. The third kappa shape index (κ3) is 3.29. The highest BCUT2D eigenvalue weighted by Crippen LogP contribution is 2.28. The lowest BCUT2D eigenvalue weighted by Gasteiger charge is -2.16. The molecule has 1 fully saturated rings. The molecule has 0 spiro atoms. The van der Waals surface area contributed by atoms with Crippen LogP contribution in [0.1, 0.15) is 25.7 Å². The van der Waals surface area contributed by atoms with E-state index in [4.69, 9.17) is 16.6 Å². The molecule has 1 aromatic heterocycles. The summed E-state index contributed by atoms with van der Waals surface area (Å²) < 4.78 is 0. The Hall–Kier alpha value is -2.33. The molecule has 122 valence electrons. The summed E-state index contributed by atoms with van der Waals surface area (Å²) in [4.78, 5) is 9.34. The average Bonchev–Trinajstić information content (AvgIpc) is 3.08. The molecule has 1 heterocycles. The van der Waals surface area contributed by atoms with Gasteiger partial charge in [0.25, 0.3) is 0 Å². The van der Waals surface area contributed by atoms with Crippen molar-refractivity contribution in [1.29, 1.82) is 0 Å². The normalized spacial score (nSPS) is 14.9. The Labute approximate surface area is 146 Å². The van der Waals surface area contributed by atoms with Crippen LogP contribution in [0.3, 0.4) is 0 Å². The van der Waals surface area contributed by atoms with Gasteiger partial charge in [0.1, 0.15) is 5.82 Å². The summed E-state index contributed by atoms with van der Waals surface area (Å²) >= 11 is 6.06. The maximum absolute atomic E-state index is 6.06. The van der Waals surface area contributed by atoms with Gasteiger partial charge in [-0.3, -0.25) is 0 Å². The summed E-state index contributed by atoms with van der Waals surface area (Å²) in [6.07, 6.45) is 4.98. The molecule has 5 heteroatoms. The quantitative estimate of drug-likeness (QED) is 0.670. The summed E-state index contributed by atoms with van der Waals surface area (Å²) in [5, 5.41) is 8.60. The Morgan fingerprint density at radius 2 is 1.79 bits per heavy atom. The lowest BCUT2D eigenvalue weighted by molar-refractivity contribution is 0.752. The lowest BCUT2D eigenvalue weighted by Crippen LogP contribution is -2.16. The number of anilines is 3. The fourth-order valence-corrected chi connectivity index (χ4v) is 3.39. The highest BCUT2D eigenvalue weighted by atomic mass is 35.5. The summed E-state index contributed by atoms with van der Waals surface area (Å²) in [6, 6.07) is 16.2. The molecule has 0 aliphatic heterocycles. The van der Waals surface area contributed by atoms with Crippen LogP contribution >= 0.6 is 11.6 Å². The van der Waals surface area contributed by atoms with E-state index in [0.29, 0.717) is 17.0 Å². The second-order valence-electron chi connectivity index (χ2n) is 6.17. The van der Waals surface area contributed by atoms with E-state index in [9.17, 15) is 0 Å². The highest BCUT2D eigenvalue weighted by molar-refractivity contribution is 6.30. The van der Waals surface area contributed by atoms with Crippen molar-refractivity contribution in [3.63, 3.8) is 0 Å². The van der Waals surface area contributed by atoms with Crippen LogP contribution in [-0.4, -0.2) is 16.0 Å². The monoisotopic (exact) mass is 338 g/mol. The molecule has 0 amide bonds. The summed E-state index contributed by atoms with van der Waals surface area (Å²) in [6.45, 7) is 0. The number of benzene rings is 2. The van der Waals surface area contributed by atoms with Gasteiger partial charge in [0, 0.05) is 22.1 Å². The van der Waals surface area contributed by atoms with Crippen molar-refractivity contribution in [1.82, 2.24) is 9.97 Å². The number of fused-ring (bicyclic) bond motifs is 1. The van der Waals surface area contributed by atoms with Gasteiger partial charge in [-0.05, 0) is 43.2 Å². The van der Waals surface area contributed by atoms with Gasteiger partial charge in [0.2, 0.25) is 5.95 Å². The van der Waals surface area contributed by atoms with Crippen LogP contribution in [0.4, 0.5) is 17.5 Å². The minimum atomic E-state index is 0.502. The second-order valence-corrected chi connectivity index (χ2v) is 6.61. The fraction of sp³-hybridized carbons (Fsp3) is 0.263. The Morgan fingerprint density at radius 3 is 2.62 bits per heavy atom. The minimum Gasteiger partial charge on any atom is -0.367 e. The molecule has 24 heavy (non-hydrogen) atoms. The van der Waals surface area contributed by atoms with Crippen LogP contribution in [0.15, 0.2) is 48.5 Å². The minimum absolute atomic E-state index is 0.502. The third-order valence-electron chi connectivity index (χ3n) is 4.38. The molecule has 3 aromatic rings. The van der Waals surface area contributed by atoms with E-state index >= 15 is 0 Å². The molecule has 1 aliphatic rings. The average molecular weight is 339 g/mol. The Balaban J connectivity index is 1.70. The molecule has 4 rings (SSSR count). The molecule has 1 aliphatic carbocycles. The zero-order chi connectivity index (χ0) is 16.4. The van der Waals surface area contributed by atoms with Gasteiger partial charge in [0.15, 0.2) is 0 Å². The SMILES string of the molecule is Clc1cccc(Nc2nc(NC3CCCC3)c3ccccc3n2)c1. The van der Waals surface area contributed by atoms with Crippen LogP contribution in [0.5, 0.6) is 0 Å². The van der Waals surface area contributed by atoms with E-state index in [2.05, 4.69) is 21.7 Å². The smallest absolute Gasteiger partial charge is 0.229 e. The Morgan fingerprint density at radius 1 is 0.958 bits per heavy atom. The van der Waals surface area contributed by atoms with Gasteiger partial charge in [0.05, 0.1) is 5.52 Å². The number of hydrogen-bond donors (Lipinski definition) is 2. The van der Waals surface area contributed by atoms with Crippen molar-refractivity contribution in [3.05, 3.63) is 53.6 Å². The van der Waals surface area contributed by atoms with Gasteiger partial charge in [-0.25, -0.2) is 4.98 Å². The van der Waals surface area contributed by atoms with E-state index in [-0.39, 0.29) is 0 Å². The first-order valence-corrected chi connectivity index (χ1v) is 8.72. The molecule has 0 bridgehead atoms. The molecule has 2 aromatic carbocycles. The van der Waals surface area contributed by atoms with Gasteiger partial charge in [-0.15, -0.1) is 0 Å².